The number of hydrogen-bond acceptors (Lipinski definition) is 7. The lowest BCUT2D eigenvalue weighted by Gasteiger charge is -2.37. The molecular weight excluding hydrogens is 509 g/mol. The standard InChI is InChI=1S/C24H27ClFN5O4S/c1-12-15-8-27-30(20(15)21(33)13(2)31(12)34)9-19(32)29-23-28-18(10-36-23)14-6-16(25)22(17(26)7-14)35-11-24(3,4)5/h6-8,10,12-13,31H,9,11H2,1-5H3,(H,28,29,32). The molecule has 0 saturated heterocycles. The monoisotopic (exact) mass is 535 g/mol. The lowest BCUT2D eigenvalue weighted by Crippen LogP contribution is -3.13. The summed E-state index contributed by atoms with van der Waals surface area (Å²) < 4.78 is 21.6. The Morgan fingerprint density at radius 1 is 1.33 bits per heavy atom. The number of benzene rings is 1. The molecule has 9 nitrogen and oxygen atoms in total. The normalized spacial score (nSPS) is 19.8. The van der Waals surface area contributed by atoms with E-state index in [2.05, 4.69) is 15.4 Å². The van der Waals surface area contributed by atoms with Crippen LogP contribution in [0.1, 0.15) is 56.7 Å². The van der Waals surface area contributed by atoms with Gasteiger partial charge in [-0.25, -0.2) is 9.37 Å². The number of halogens is 2. The molecule has 2 N–H and O–H groups in total. The van der Waals surface area contributed by atoms with Crippen molar-refractivity contribution in [2.24, 2.45) is 5.41 Å². The first-order valence-electron chi connectivity index (χ1n) is 11.4. The zero-order chi connectivity index (χ0) is 26.4. The van der Waals surface area contributed by atoms with Gasteiger partial charge in [0, 0.05) is 10.9 Å². The highest BCUT2D eigenvalue weighted by molar-refractivity contribution is 7.14. The van der Waals surface area contributed by atoms with E-state index in [4.69, 9.17) is 16.3 Å². The van der Waals surface area contributed by atoms with Gasteiger partial charge in [-0.15, -0.1) is 11.3 Å². The smallest absolute Gasteiger partial charge is 0.247 e. The van der Waals surface area contributed by atoms with Crippen LogP contribution in [0.25, 0.3) is 11.3 Å². The van der Waals surface area contributed by atoms with Crippen LogP contribution in [0.4, 0.5) is 9.52 Å². The number of carbonyl (C=O) groups is 2. The molecule has 3 aromatic rings. The van der Waals surface area contributed by atoms with Crippen molar-refractivity contribution in [2.75, 3.05) is 11.9 Å². The average molecular weight is 536 g/mol. The zero-order valence-corrected chi connectivity index (χ0v) is 22.1. The molecule has 1 aliphatic heterocycles. The molecule has 1 aromatic carbocycles. The van der Waals surface area contributed by atoms with Gasteiger partial charge in [0.2, 0.25) is 11.7 Å². The van der Waals surface area contributed by atoms with Crippen LogP contribution in [0.15, 0.2) is 23.7 Å². The number of rotatable bonds is 6. The van der Waals surface area contributed by atoms with Crippen LogP contribution in [0.5, 0.6) is 5.75 Å². The van der Waals surface area contributed by atoms with E-state index in [1.54, 1.807) is 25.3 Å². The minimum Gasteiger partial charge on any atom is -0.633 e. The number of nitrogens with zero attached hydrogens (tertiary/aromatic N) is 3. The zero-order valence-electron chi connectivity index (χ0n) is 20.5. The van der Waals surface area contributed by atoms with Crippen LogP contribution in [-0.4, -0.2) is 39.1 Å². The number of thiazole rings is 1. The third-order valence-electron chi connectivity index (χ3n) is 5.80. The van der Waals surface area contributed by atoms with Crippen LogP contribution in [-0.2, 0) is 11.3 Å². The van der Waals surface area contributed by atoms with Gasteiger partial charge in [-0.05, 0) is 31.4 Å². The largest absolute Gasteiger partial charge is 0.633 e. The predicted molar refractivity (Wildman–Crippen MR) is 135 cm³/mol. The summed E-state index contributed by atoms with van der Waals surface area (Å²) in [6.45, 7) is 9.29. The van der Waals surface area contributed by atoms with Crippen molar-refractivity contribution in [3.63, 3.8) is 0 Å². The van der Waals surface area contributed by atoms with Gasteiger partial charge in [0.1, 0.15) is 18.3 Å². The molecular formula is C24H27ClFN5O4S. The van der Waals surface area contributed by atoms with E-state index in [9.17, 15) is 19.2 Å². The summed E-state index contributed by atoms with van der Waals surface area (Å²) in [5.41, 5.74) is 1.53. The second kappa shape index (κ2) is 9.89. The molecule has 3 atom stereocenters. The summed E-state index contributed by atoms with van der Waals surface area (Å²) in [5, 5.41) is 21.0. The van der Waals surface area contributed by atoms with Gasteiger partial charge in [-0.2, -0.15) is 5.10 Å². The first-order chi connectivity index (χ1) is 16.9. The van der Waals surface area contributed by atoms with Crippen molar-refractivity contribution in [2.45, 2.75) is 53.2 Å². The number of carbonyl (C=O) groups excluding carboxylic acids is 2. The Labute approximate surface area is 216 Å². The molecule has 3 unspecified atom stereocenters. The number of hydrogen-bond donors (Lipinski definition) is 2. The van der Waals surface area contributed by atoms with Gasteiger partial charge in [0.05, 0.1) is 29.1 Å². The maximum absolute atomic E-state index is 14.7. The summed E-state index contributed by atoms with van der Waals surface area (Å²) in [4.78, 5) is 29.7. The van der Waals surface area contributed by atoms with E-state index in [0.29, 0.717) is 28.6 Å². The topological polar surface area (TPSA) is 114 Å². The molecule has 0 aliphatic carbocycles. The van der Waals surface area contributed by atoms with E-state index >= 15 is 0 Å². The number of Topliss-reactive ketones (excluding diaryl/α,β-unsaturated/α-hetero) is 1. The molecule has 12 heteroatoms. The Balaban J connectivity index is 1.46. The van der Waals surface area contributed by atoms with Gasteiger partial charge in [-0.1, -0.05) is 32.4 Å². The minimum absolute atomic E-state index is 0.0125. The van der Waals surface area contributed by atoms with Gasteiger partial charge in [0.25, 0.3) is 0 Å². The summed E-state index contributed by atoms with van der Waals surface area (Å²) >= 11 is 7.43. The van der Waals surface area contributed by atoms with Gasteiger partial charge >= 0.3 is 0 Å². The highest BCUT2D eigenvalue weighted by Gasteiger charge is 2.38. The number of ether oxygens (including phenoxy) is 1. The average Bonchev–Trinajstić information content (AvgIpc) is 3.42. The van der Waals surface area contributed by atoms with Crippen molar-refractivity contribution in [3.8, 4) is 17.0 Å². The van der Waals surface area contributed by atoms with Crippen molar-refractivity contribution in [1.29, 1.82) is 0 Å². The molecule has 3 heterocycles. The number of ketones is 1. The van der Waals surface area contributed by atoms with Crippen molar-refractivity contribution in [1.82, 2.24) is 14.8 Å². The van der Waals surface area contributed by atoms with E-state index < -0.39 is 23.8 Å². The Bertz CT molecular complexity index is 1300. The minimum atomic E-state index is -0.773. The summed E-state index contributed by atoms with van der Waals surface area (Å²) in [6, 6.07) is 1.62. The van der Waals surface area contributed by atoms with E-state index in [0.717, 1.165) is 11.3 Å². The van der Waals surface area contributed by atoms with Crippen molar-refractivity contribution in [3.05, 3.63) is 51.0 Å². The van der Waals surface area contributed by atoms with Crippen molar-refractivity contribution >= 4 is 39.8 Å². The first kappa shape index (κ1) is 26.2. The molecule has 36 heavy (non-hydrogen) atoms. The Kier molecular flexibility index (Phi) is 7.20. The number of hydroxylamine groups is 2. The lowest BCUT2D eigenvalue weighted by atomic mass is 9.96. The number of quaternary nitrogens is 1. The SMILES string of the molecule is CC1C(=O)c2c(cnn2CC(=O)Nc2nc(-c3cc(F)c(OCC(C)(C)C)c(Cl)c3)cs2)C(C)[NH+]1[O-]. The number of fused-ring (bicyclic) bond motifs is 1. The number of aromatic nitrogens is 3. The molecule has 2 aromatic heterocycles. The fourth-order valence-electron chi connectivity index (χ4n) is 3.86. The van der Waals surface area contributed by atoms with E-state index in [-0.39, 0.29) is 39.3 Å². The summed E-state index contributed by atoms with van der Waals surface area (Å²) in [5.74, 6) is -1.40. The predicted octanol–water partition coefficient (Wildman–Crippen LogP) is 3.89. The fraction of sp³-hybridized carbons (Fsp3) is 0.417. The van der Waals surface area contributed by atoms with Crippen molar-refractivity contribution < 1.29 is 23.8 Å². The molecule has 0 spiro atoms. The maximum Gasteiger partial charge on any atom is 0.247 e. The second-order valence-corrected chi connectivity index (χ2v) is 11.3. The Morgan fingerprint density at radius 2 is 2.06 bits per heavy atom. The second-order valence-electron chi connectivity index (χ2n) is 10.0. The molecule has 0 fully saturated rings. The van der Waals surface area contributed by atoms with E-state index in [1.165, 1.54) is 16.9 Å². The Hall–Kier alpha value is -2.86. The quantitative estimate of drug-likeness (QED) is 0.463. The van der Waals surface area contributed by atoms with Crippen LogP contribution >= 0.6 is 22.9 Å². The summed E-state index contributed by atoms with van der Waals surface area (Å²) in [7, 11) is 0. The summed E-state index contributed by atoms with van der Waals surface area (Å²) in [6.07, 6.45) is 1.46. The Morgan fingerprint density at radius 3 is 2.72 bits per heavy atom. The highest BCUT2D eigenvalue weighted by Crippen LogP contribution is 2.35. The molecule has 192 valence electrons. The molecule has 0 saturated carbocycles. The number of amides is 1. The third-order valence-corrected chi connectivity index (χ3v) is 6.84. The van der Waals surface area contributed by atoms with Crippen LogP contribution in [0.2, 0.25) is 5.02 Å². The molecule has 0 radical (unpaired) electrons. The van der Waals surface area contributed by atoms with E-state index in [1.807, 2.05) is 20.8 Å². The maximum atomic E-state index is 14.7. The van der Waals surface area contributed by atoms with Crippen LogP contribution in [0, 0.1) is 16.4 Å². The third kappa shape index (κ3) is 5.29. The number of anilines is 1. The fourth-order valence-corrected chi connectivity index (χ4v) is 4.86. The molecule has 1 aliphatic rings. The number of nitrogens with one attached hydrogen (secondary N) is 2. The molecule has 4 rings (SSSR count). The van der Waals surface area contributed by atoms with Crippen LogP contribution < -0.4 is 15.1 Å². The van der Waals surface area contributed by atoms with Gasteiger partial charge in [-0.3, -0.25) is 14.3 Å². The van der Waals surface area contributed by atoms with Gasteiger partial charge < -0.3 is 20.3 Å². The van der Waals surface area contributed by atoms with Crippen LogP contribution in [0.3, 0.4) is 0 Å². The van der Waals surface area contributed by atoms with Gasteiger partial charge in [0.15, 0.2) is 22.7 Å². The lowest BCUT2D eigenvalue weighted by molar-refractivity contribution is -0.895. The molecule has 0 bridgehead atoms. The first-order valence-corrected chi connectivity index (χ1v) is 12.6. The highest BCUT2D eigenvalue weighted by atomic mass is 35.5. The molecule has 1 amide bonds.